The summed E-state index contributed by atoms with van der Waals surface area (Å²) in [5.41, 5.74) is 4.81. The Balaban J connectivity index is 2.56. The van der Waals surface area contributed by atoms with Crippen LogP contribution in [0.5, 0.6) is 0 Å². The first-order valence-electron chi connectivity index (χ1n) is 10.8. The maximum Gasteiger partial charge on any atom is 0.351 e. The Morgan fingerprint density at radius 1 is 1.03 bits per heavy atom. The van der Waals surface area contributed by atoms with Gasteiger partial charge in [-0.1, -0.05) is 41.5 Å². The Morgan fingerprint density at radius 3 is 1.94 bits per heavy atom. The Labute approximate surface area is 187 Å². The number of hydrogen-bond acceptors (Lipinski definition) is 6. The van der Waals surface area contributed by atoms with E-state index in [1.165, 1.54) is 0 Å². The van der Waals surface area contributed by atoms with E-state index in [1.807, 2.05) is 6.92 Å². The highest BCUT2D eigenvalue weighted by Crippen LogP contribution is 2.45. The largest absolute Gasteiger partial charge is 0.409 e. The van der Waals surface area contributed by atoms with Crippen LogP contribution in [0.25, 0.3) is 0 Å². The molecule has 1 fully saturated rings. The van der Waals surface area contributed by atoms with Crippen LogP contribution < -0.4 is 11.4 Å². The van der Waals surface area contributed by atoms with E-state index < -0.39 is 52.4 Å². The highest BCUT2D eigenvalue weighted by atomic mass is 28.4. The molecule has 2 N–H and O–H groups in total. The van der Waals surface area contributed by atoms with Crippen molar-refractivity contribution in [2.45, 2.75) is 109 Å². The molecular weight excluding hydrogens is 433 g/mol. The third kappa shape index (κ3) is 5.30. The highest BCUT2D eigenvalue weighted by Gasteiger charge is 2.53. The molecule has 0 amide bonds. The van der Waals surface area contributed by atoms with Gasteiger partial charge in [0, 0.05) is 0 Å². The van der Waals surface area contributed by atoms with Crippen molar-refractivity contribution >= 4 is 22.5 Å². The quantitative estimate of drug-likeness (QED) is 0.626. The van der Waals surface area contributed by atoms with E-state index in [4.69, 9.17) is 19.3 Å². The molecule has 0 saturated carbocycles. The number of nitrogen functional groups attached to an aromatic ring is 1. The Kier molecular flexibility index (Phi) is 7.06. The van der Waals surface area contributed by atoms with Crippen molar-refractivity contribution < 1.29 is 18.0 Å². The van der Waals surface area contributed by atoms with Gasteiger partial charge in [-0.15, -0.1) is 0 Å². The van der Waals surface area contributed by atoms with Crippen LogP contribution in [0.4, 0.5) is 10.2 Å². The summed E-state index contributed by atoms with van der Waals surface area (Å²) in [5, 5.41) is -0.0848. The first kappa shape index (κ1) is 26.2. The van der Waals surface area contributed by atoms with E-state index in [0.717, 1.165) is 10.8 Å². The van der Waals surface area contributed by atoms with Crippen molar-refractivity contribution in [3.63, 3.8) is 0 Å². The number of hydrogen-bond donors (Lipinski definition) is 1. The zero-order valence-electron chi connectivity index (χ0n) is 20.9. The number of nitrogens with zero attached hydrogens (tertiary/aromatic N) is 2. The molecule has 0 radical (unpaired) electrons. The number of halogens is 1. The van der Waals surface area contributed by atoms with Crippen LogP contribution in [-0.2, 0) is 13.6 Å². The number of aromatic nitrogens is 2. The first-order chi connectivity index (χ1) is 13.8. The number of ether oxygens (including phenoxy) is 1. The van der Waals surface area contributed by atoms with Gasteiger partial charge in [0.1, 0.15) is 12.2 Å². The van der Waals surface area contributed by atoms with Crippen LogP contribution in [0, 0.1) is 5.82 Å². The van der Waals surface area contributed by atoms with E-state index >= 15 is 0 Å². The molecule has 2 rings (SSSR count). The topological polar surface area (TPSA) is 88.6 Å². The molecule has 1 aliphatic rings. The second kappa shape index (κ2) is 8.37. The van der Waals surface area contributed by atoms with Crippen LogP contribution in [0.15, 0.2) is 11.0 Å². The maximum absolute atomic E-state index is 14.2. The van der Waals surface area contributed by atoms with Crippen molar-refractivity contribution in [3.8, 4) is 0 Å². The third-order valence-electron chi connectivity index (χ3n) is 7.10. The Hall–Kier alpha value is -1.08. The predicted octanol–water partition coefficient (Wildman–Crippen LogP) is 4.66. The van der Waals surface area contributed by atoms with Crippen LogP contribution in [-0.4, -0.2) is 44.5 Å². The molecule has 1 aromatic heterocycles. The molecule has 2 heterocycles. The van der Waals surface area contributed by atoms with Crippen molar-refractivity contribution in [1.82, 2.24) is 9.55 Å². The fourth-order valence-corrected chi connectivity index (χ4v) is 5.63. The first-order valence-corrected chi connectivity index (χ1v) is 16.7. The molecule has 0 aromatic carbocycles. The normalized spacial score (nSPS) is 25.8. The summed E-state index contributed by atoms with van der Waals surface area (Å²) in [6, 6.07) is 0. The van der Waals surface area contributed by atoms with Crippen molar-refractivity contribution in [1.29, 1.82) is 0 Å². The molecule has 4 atom stereocenters. The third-order valence-corrected chi connectivity index (χ3v) is 16.1. The summed E-state index contributed by atoms with van der Waals surface area (Å²) in [4.78, 5) is 16.2. The predicted molar refractivity (Wildman–Crippen MR) is 127 cm³/mol. The second-order valence-electron chi connectivity index (χ2n) is 11.6. The number of nitrogens with two attached hydrogens (primary N) is 1. The van der Waals surface area contributed by atoms with Gasteiger partial charge < -0.3 is 19.3 Å². The molecule has 7 nitrogen and oxygen atoms in total. The smallest absolute Gasteiger partial charge is 0.351 e. The minimum Gasteiger partial charge on any atom is -0.409 e. The molecule has 1 aromatic rings. The standard InChI is InChI=1S/C21H40FN3O4Si2/c1-13-15(28-30(8,9)20(2,3)4)16(29-31(10,11)21(5,6)7)18(27-13)25-12-14(22)17(23)24-19(25)26/h12-13,15-16,18H,1-11H3,(H2,23,24,26)/t13-,15-,16-,18-/m1/s1. The monoisotopic (exact) mass is 473 g/mol. The van der Waals surface area contributed by atoms with Crippen molar-refractivity contribution in [3.05, 3.63) is 22.5 Å². The van der Waals surface area contributed by atoms with E-state index in [9.17, 15) is 9.18 Å². The van der Waals surface area contributed by atoms with E-state index in [-0.39, 0.29) is 16.2 Å². The average Bonchev–Trinajstić information content (AvgIpc) is 2.84. The molecule has 0 unspecified atom stereocenters. The second-order valence-corrected chi connectivity index (χ2v) is 21.1. The van der Waals surface area contributed by atoms with Crippen LogP contribution in [0.2, 0.25) is 36.3 Å². The summed E-state index contributed by atoms with van der Waals surface area (Å²) in [6.07, 6.45) is -1.12. The van der Waals surface area contributed by atoms with Gasteiger partial charge >= 0.3 is 5.69 Å². The van der Waals surface area contributed by atoms with E-state index in [0.29, 0.717) is 0 Å². The minimum absolute atomic E-state index is 0.0158. The lowest BCUT2D eigenvalue weighted by molar-refractivity contribution is -0.0315. The Bertz CT molecular complexity index is 862. The molecule has 0 bridgehead atoms. The van der Waals surface area contributed by atoms with Gasteiger partial charge in [0.15, 0.2) is 34.5 Å². The fourth-order valence-electron chi connectivity index (χ4n) is 2.99. The van der Waals surface area contributed by atoms with Gasteiger partial charge in [-0.3, -0.25) is 4.57 Å². The van der Waals surface area contributed by atoms with E-state index in [1.54, 1.807) is 0 Å². The van der Waals surface area contributed by atoms with Crippen LogP contribution >= 0.6 is 0 Å². The summed E-state index contributed by atoms with van der Waals surface area (Å²) < 4.78 is 35.1. The lowest BCUT2D eigenvalue weighted by Crippen LogP contribution is -2.53. The summed E-state index contributed by atoms with van der Waals surface area (Å²) in [6.45, 7) is 23.5. The molecule has 0 aliphatic carbocycles. The van der Waals surface area contributed by atoms with Crippen LogP contribution in [0.3, 0.4) is 0 Å². The highest BCUT2D eigenvalue weighted by molar-refractivity contribution is 6.74. The SMILES string of the molecule is C[C@H]1O[C@@H](n2cc(F)c(N)nc2=O)[C@H](O[Si](C)(C)C(C)(C)C)[C@@H]1O[Si](C)(C)C(C)(C)C. The van der Waals surface area contributed by atoms with E-state index in [2.05, 4.69) is 72.7 Å². The van der Waals surface area contributed by atoms with Crippen molar-refractivity contribution in [2.24, 2.45) is 0 Å². The summed E-state index contributed by atoms with van der Waals surface area (Å²) in [5.74, 6) is -1.20. The molecule has 1 saturated heterocycles. The van der Waals surface area contributed by atoms with Crippen LogP contribution in [0.1, 0.15) is 54.7 Å². The molecule has 178 valence electrons. The summed E-state index contributed by atoms with van der Waals surface area (Å²) in [7, 11) is -4.46. The van der Waals surface area contributed by atoms with Gasteiger partial charge in [0.2, 0.25) is 0 Å². The Morgan fingerprint density at radius 2 is 1.48 bits per heavy atom. The summed E-state index contributed by atoms with van der Waals surface area (Å²) >= 11 is 0. The molecule has 1 aliphatic heterocycles. The minimum atomic E-state index is -2.28. The van der Waals surface area contributed by atoms with Gasteiger partial charge in [0.25, 0.3) is 0 Å². The van der Waals surface area contributed by atoms with Gasteiger partial charge in [-0.05, 0) is 43.2 Å². The zero-order valence-corrected chi connectivity index (χ0v) is 22.9. The molecule has 31 heavy (non-hydrogen) atoms. The number of rotatable bonds is 5. The zero-order chi connectivity index (χ0) is 24.2. The average molecular weight is 474 g/mol. The van der Waals surface area contributed by atoms with Crippen molar-refractivity contribution in [2.75, 3.05) is 5.73 Å². The maximum atomic E-state index is 14.2. The number of anilines is 1. The lowest BCUT2D eigenvalue weighted by atomic mass is 10.1. The molecule has 0 spiro atoms. The lowest BCUT2D eigenvalue weighted by Gasteiger charge is -2.44. The van der Waals surface area contributed by atoms with Gasteiger partial charge in [-0.25, -0.2) is 9.18 Å². The molecular formula is C21H40FN3O4Si2. The molecule has 10 heteroatoms. The van der Waals surface area contributed by atoms with Gasteiger partial charge in [-0.2, -0.15) is 4.98 Å². The fraction of sp³-hybridized carbons (Fsp3) is 0.810. The van der Waals surface area contributed by atoms with Gasteiger partial charge in [0.05, 0.1) is 12.3 Å².